The van der Waals surface area contributed by atoms with Crippen molar-refractivity contribution in [1.82, 2.24) is 0 Å². The minimum absolute atomic E-state index is 0.0310. The highest BCUT2D eigenvalue weighted by atomic mass is 16.3. The van der Waals surface area contributed by atoms with Crippen LogP contribution in [-0.2, 0) is 0 Å². The third-order valence-electron chi connectivity index (χ3n) is 6.95. The molecular weight excluding hydrogens is 448 g/mol. The van der Waals surface area contributed by atoms with Crippen molar-refractivity contribution in [3.8, 4) is 22.3 Å². The molecule has 0 aliphatic carbocycles. The van der Waals surface area contributed by atoms with Crippen LogP contribution in [0.1, 0.15) is 15.1 Å². The maximum Gasteiger partial charge on any atom is 0.136 e. The smallest absolute Gasteiger partial charge is 0.136 e. The lowest BCUT2D eigenvalue weighted by Crippen LogP contribution is -1.92. The Morgan fingerprint density at radius 3 is 1.81 bits per heavy atom. The van der Waals surface area contributed by atoms with Crippen LogP contribution in [0.4, 0.5) is 0 Å². The van der Waals surface area contributed by atoms with E-state index in [0.717, 1.165) is 16.3 Å². The second-order valence-corrected chi connectivity index (χ2v) is 8.85. The molecule has 0 radical (unpaired) electrons. The molecule has 8 rings (SSSR count). The molecule has 0 saturated carbocycles. The second-order valence-electron chi connectivity index (χ2n) is 8.85. The Morgan fingerprint density at radius 1 is 0.432 bits per heavy atom. The molecule has 7 aromatic carbocycles. The van der Waals surface area contributed by atoms with Crippen LogP contribution in [0, 0.1) is 0 Å². The number of hydrogen-bond acceptors (Lipinski definition) is 1. The van der Waals surface area contributed by atoms with Gasteiger partial charge in [0, 0.05) is 10.8 Å². The topological polar surface area (TPSA) is 13.1 Å². The first-order valence-electron chi connectivity index (χ1n) is 17.3. The summed E-state index contributed by atoms with van der Waals surface area (Å²) in [6.07, 6.45) is 0. The predicted octanol–water partition coefficient (Wildman–Crippen LogP) is 10.4. The highest BCUT2D eigenvalue weighted by Crippen LogP contribution is 2.47. The van der Waals surface area contributed by atoms with Gasteiger partial charge in [0.1, 0.15) is 11.2 Å². The summed E-state index contributed by atoms with van der Waals surface area (Å²) < 4.78 is 101. The Morgan fingerprint density at radius 2 is 1.05 bits per heavy atom. The van der Waals surface area contributed by atoms with Gasteiger partial charge in [-0.15, -0.1) is 0 Å². The fraction of sp³-hybridized carbons (Fsp3) is 0. The van der Waals surface area contributed by atoms with Gasteiger partial charge in [-0.1, -0.05) is 121 Å². The summed E-state index contributed by atoms with van der Waals surface area (Å²) in [6.45, 7) is 0. The lowest BCUT2D eigenvalue weighted by Gasteiger charge is -2.19. The molecule has 37 heavy (non-hydrogen) atoms. The third-order valence-corrected chi connectivity index (χ3v) is 6.95. The van der Waals surface area contributed by atoms with Crippen molar-refractivity contribution >= 4 is 54.3 Å². The molecule has 0 aliphatic heterocycles. The molecule has 1 heterocycles. The Bertz CT molecular complexity index is 2670. The first-order valence-corrected chi connectivity index (χ1v) is 11.8. The van der Waals surface area contributed by atoms with Gasteiger partial charge in [-0.05, 0) is 66.7 Å². The lowest BCUT2D eigenvalue weighted by atomic mass is 9.84. The van der Waals surface area contributed by atoms with Crippen molar-refractivity contribution in [2.45, 2.75) is 0 Å². The van der Waals surface area contributed by atoms with E-state index in [1.165, 1.54) is 12.1 Å². The van der Waals surface area contributed by atoms with Crippen LogP contribution in [0.15, 0.2) is 138 Å². The minimum atomic E-state index is -0.533. The van der Waals surface area contributed by atoms with Crippen LogP contribution in [0.2, 0.25) is 0 Å². The lowest BCUT2D eigenvalue weighted by molar-refractivity contribution is 0.669. The van der Waals surface area contributed by atoms with Gasteiger partial charge >= 0.3 is 0 Å². The fourth-order valence-electron chi connectivity index (χ4n) is 5.43. The molecular formula is C36H22O. The Kier molecular flexibility index (Phi) is 2.61. The molecule has 172 valence electrons. The zero-order valence-electron chi connectivity index (χ0n) is 30.3. The van der Waals surface area contributed by atoms with Crippen molar-refractivity contribution in [2.24, 2.45) is 0 Å². The molecule has 0 bridgehead atoms. The first-order chi connectivity index (χ1) is 22.9. The quantitative estimate of drug-likeness (QED) is 0.224. The van der Waals surface area contributed by atoms with E-state index in [9.17, 15) is 1.37 Å². The standard InChI is InChI=1S/C36H22O/c1-2-13-24-23(11-1)12-9-19-25(24)34-26-14-3-5-16-28(26)35(29-17-6-4-15-27(29)34)31-20-10-22-33-36(31)30-18-7-8-21-32(30)37-33/h1-22H/i3D,4D,5D,6D,7D,8D,10D,18D,20D,21D,22D. The van der Waals surface area contributed by atoms with Gasteiger partial charge in [0.05, 0.1) is 15.1 Å². The molecule has 1 aromatic heterocycles. The van der Waals surface area contributed by atoms with E-state index in [-0.39, 0.29) is 57.2 Å². The van der Waals surface area contributed by atoms with Gasteiger partial charge in [0.25, 0.3) is 0 Å². The summed E-state index contributed by atoms with van der Waals surface area (Å²) in [6, 6.07) is 15.9. The van der Waals surface area contributed by atoms with E-state index >= 15 is 0 Å². The SMILES string of the molecule is [2H]c1cc2c(-c3cccc4ccccc34)c3cc([2H])c([2H])cc3c(-c3c([2H])c([2H])c([2H])c4oc5c([2H])c([2H])c([2H])c([2H])c5c34)c2cc1[2H]. The van der Waals surface area contributed by atoms with E-state index in [1.807, 2.05) is 42.5 Å². The number of benzene rings is 7. The maximum absolute atomic E-state index is 9.25. The monoisotopic (exact) mass is 481 g/mol. The minimum Gasteiger partial charge on any atom is -0.456 e. The summed E-state index contributed by atoms with van der Waals surface area (Å²) in [7, 11) is 0. The number of fused-ring (bicyclic) bond motifs is 6. The molecule has 0 spiro atoms. The van der Waals surface area contributed by atoms with Crippen LogP contribution in [0.5, 0.6) is 0 Å². The van der Waals surface area contributed by atoms with Gasteiger partial charge in [-0.2, -0.15) is 0 Å². The Hall–Kier alpha value is -4.88. The van der Waals surface area contributed by atoms with Crippen molar-refractivity contribution in [3.63, 3.8) is 0 Å². The second kappa shape index (κ2) is 7.81. The highest BCUT2D eigenvalue weighted by molar-refractivity contribution is 6.26. The average molecular weight is 482 g/mol. The molecule has 0 N–H and O–H groups in total. The van der Waals surface area contributed by atoms with Gasteiger partial charge in [-0.25, -0.2) is 0 Å². The Balaban J connectivity index is 1.70. The van der Waals surface area contributed by atoms with E-state index in [0.29, 0.717) is 27.1 Å². The van der Waals surface area contributed by atoms with Gasteiger partial charge < -0.3 is 4.42 Å². The number of para-hydroxylation sites is 1. The van der Waals surface area contributed by atoms with Crippen LogP contribution >= 0.6 is 0 Å². The predicted molar refractivity (Wildman–Crippen MR) is 157 cm³/mol. The third kappa shape index (κ3) is 2.92. The van der Waals surface area contributed by atoms with Crippen LogP contribution in [-0.4, -0.2) is 0 Å². The summed E-state index contributed by atoms with van der Waals surface area (Å²) >= 11 is 0. The van der Waals surface area contributed by atoms with E-state index < -0.39 is 42.3 Å². The molecule has 0 saturated heterocycles. The van der Waals surface area contributed by atoms with E-state index in [2.05, 4.69) is 0 Å². The van der Waals surface area contributed by atoms with Crippen LogP contribution in [0.25, 0.3) is 76.5 Å². The molecule has 0 unspecified atom stereocenters. The summed E-state index contributed by atoms with van der Waals surface area (Å²) in [5, 5.41) is 3.63. The van der Waals surface area contributed by atoms with E-state index in [1.54, 1.807) is 12.1 Å². The zero-order valence-corrected chi connectivity index (χ0v) is 19.3. The van der Waals surface area contributed by atoms with Crippen molar-refractivity contribution in [2.75, 3.05) is 0 Å². The molecule has 1 nitrogen and oxygen atoms in total. The molecule has 0 aliphatic rings. The summed E-state index contributed by atoms with van der Waals surface area (Å²) in [5.74, 6) is 0. The van der Waals surface area contributed by atoms with Gasteiger partial charge in [0.15, 0.2) is 0 Å². The first kappa shape index (κ1) is 12.4. The van der Waals surface area contributed by atoms with Gasteiger partial charge in [0.2, 0.25) is 0 Å². The Labute approximate surface area is 229 Å². The maximum atomic E-state index is 9.25. The summed E-state index contributed by atoms with van der Waals surface area (Å²) in [5.41, 5.74) is 1.31. The fourth-order valence-corrected chi connectivity index (χ4v) is 5.43. The molecule has 0 fully saturated rings. The van der Waals surface area contributed by atoms with E-state index in [4.69, 9.17) is 18.1 Å². The average Bonchev–Trinajstić information content (AvgIpc) is 3.47. The molecule has 1 heteroatoms. The van der Waals surface area contributed by atoms with Crippen LogP contribution in [0.3, 0.4) is 0 Å². The van der Waals surface area contributed by atoms with Crippen molar-refractivity contribution < 1.29 is 19.5 Å². The molecule has 0 atom stereocenters. The number of rotatable bonds is 2. The normalized spacial score (nSPS) is 15.9. The van der Waals surface area contributed by atoms with Gasteiger partial charge in [-0.3, -0.25) is 0 Å². The molecule has 8 aromatic rings. The van der Waals surface area contributed by atoms with Crippen molar-refractivity contribution in [3.05, 3.63) is 133 Å². The highest BCUT2D eigenvalue weighted by Gasteiger charge is 2.20. The number of furan rings is 1. The number of hydrogen-bond donors (Lipinski definition) is 0. The van der Waals surface area contributed by atoms with Crippen molar-refractivity contribution in [1.29, 1.82) is 0 Å². The zero-order chi connectivity index (χ0) is 33.9. The van der Waals surface area contributed by atoms with Crippen LogP contribution < -0.4 is 0 Å². The molecule has 0 amide bonds. The summed E-state index contributed by atoms with van der Waals surface area (Å²) in [4.78, 5) is 0. The largest absolute Gasteiger partial charge is 0.456 e.